The van der Waals surface area contributed by atoms with E-state index in [-0.39, 0.29) is 23.4 Å². The first kappa shape index (κ1) is 16.8. The second-order valence-corrected chi connectivity index (χ2v) is 5.14. The second kappa shape index (κ2) is 7.66. The number of phenolic OH excluding ortho intramolecular Hbond substituents is 2. The van der Waals surface area contributed by atoms with Crippen molar-refractivity contribution in [1.29, 1.82) is 0 Å². The van der Waals surface area contributed by atoms with E-state index < -0.39 is 0 Å². The molecule has 3 rings (SSSR count). The molecule has 0 amide bonds. The Kier molecular flexibility index (Phi) is 4.94. The van der Waals surface area contributed by atoms with Crippen LogP contribution in [0.4, 0.5) is 11.9 Å². The van der Waals surface area contributed by atoms with Crippen molar-refractivity contribution < 1.29 is 10.2 Å². The Bertz CT molecular complexity index is 841. The molecule has 0 saturated heterocycles. The van der Waals surface area contributed by atoms with Gasteiger partial charge in [0.05, 0.1) is 12.4 Å². The number of nitrogens with two attached hydrogens (primary N) is 1. The number of benzene rings is 2. The van der Waals surface area contributed by atoms with Gasteiger partial charge in [0.25, 0.3) is 11.9 Å². The van der Waals surface area contributed by atoms with Gasteiger partial charge < -0.3 is 16.1 Å². The van der Waals surface area contributed by atoms with Gasteiger partial charge >= 0.3 is 0 Å². The lowest BCUT2D eigenvalue weighted by Crippen LogP contribution is -2.14. The van der Waals surface area contributed by atoms with Crippen LogP contribution in [0.1, 0.15) is 11.1 Å². The molecule has 0 radical (unpaired) electrons. The van der Waals surface area contributed by atoms with Crippen molar-refractivity contribution in [3.8, 4) is 11.5 Å². The Balaban J connectivity index is 1.58. The second-order valence-electron chi connectivity index (χ2n) is 5.14. The topological polar surface area (TPSA) is 146 Å². The number of phenols is 2. The van der Waals surface area contributed by atoms with Crippen molar-refractivity contribution in [2.75, 3.05) is 16.7 Å². The number of hydrazone groups is 2. The van der Waals surface area contributed by atoms with Crippen LogP contribution in [0.25, 0.3) is 0 Å². The van der Waals surface area contributed by atoms with Gasteiger partial charge in [0.15, 0.2) is 0 Å². The summed E-state index contributed by atoms with van der Waals surface area (Å²) >= 11 is 0. The van der Waals surface area contributed by atoms with Crippen molar-refractivity contribution in [3.05, 3.63) is 59.7 Å². The fourth-order valence-electron chi connectivity index (χ4n) is 1.89. The Hall–Kier alpha value is -4.08. The molecule has 3 aromatic rings. The van der Waals surface area contributed by atoms with E-state index in [1.165, 1.54) is 0 Å². The van der Waals surface area contributed by atoms with Crippen molar-refractivity contribution in [2.45, 2.75) is 0 Å². The molecule has 0 fully saturated rings. The summed E-state index contributed by atoms with van der Waals surface area (Å²) in [6, 6.07) is 13.1. The van der Waals surface area contributed by atoms with Gasteiger partial charge in [-0.15, -0.1) is 10.2 Å². The maximum Gasteiger partial charge on any atom is 0.265 e. The predicted molar refractivity (Wildman–Crippen MR) is 98.8 cm³/mol. The number of anilines is 2. The lowest BCUT2D eigenvalue weighted by molar-refractivity contribution is 0.475. The third kappa shape index (κ3) is 4.26. The third-order valence-electron chi connectivity index (χ3n) is 3.24. The van der Waals surface area contributed by atoms with Crippen LogP contribution in [-0.2, 0) is 0 Å². The summed E-state index contributed by atoms with van der Waals surface area (Å²) in [7, 11) is 0. The summed E-state index contributed by atoms with van der Waals surface area (Å²) in [4.78, 5) is 0. The number of aromatic hydroxyl groups is 2. The van der Waals surface area contributed by atoms with E-state index in [2.05, 4.69) is 31.3 Å². The van der Waals surface area contributed by atoms with Gasteiger partial charge in [-0.25, -0.2) is 10.9 Å². The number of nitrogen functional groups attached to an aromatic ring is 1. The quantitative estimate of drug-likeness (QED) is 0.255. The molecule has 2 aromatic carbocycles. The van der Waals surface area contributed by atoms with Crippen LogP contribution >= 0.6 is 0 Å². The molecule has 0 saturated carbocycles. The van der Waals surface area contributed by atoms with Crippen LogP contribution in [0.2, 0.25) is 0 Å². The van der Waals surface area contributed by atoms with E-state index in [9.17, 15) is 10.2 Å². The minimum absolute atomic E-state index is 0.181. The lowest BCUT2D eigenvalue weighted by Gasteiger charge is -2.02. The highest BCUT2D eigenvalue weighted by molar-refractivity contribution is 5.80. The highest BCUT2D eigenvalue weighted by Gasteiger charge is 2.07. The first-order valence-corrected chi connectivity index (χ1v) is 7.48. The largest absolute Gasteiger partial charge is 0.508 e. The van der Waals surface area contributed by atoms with E-state index >= 15 is 0 Å². The molecule has 0 atom stereocenters. The van der Waals surface area contributed by atoms with E-state index in [0.29, 0.717) is 0 Å². The van der Waals surface area contributed by atoms with Crippen LogP contribution in [0.15, 0.2) is 58.7 Å². The highest BCUT2D eigenvalue weighted by atomic mass is 16.3. The number of nitrogens with zero attached hydrogens (tertiary/aromatic N) is 5. The lowest BCUT2D eigenvalue weighted by atomic mass is 10.2. The molecular formula is C16H16N8O2. The first-order chi connectivity index (χ1) is 12.6. The van der Waals surface area contributed by atoms with Crippen LogP contribution in [0.3, 0.4) is 0 Å². The molecule has 0 aliphatic carbocycles. The predicted octanol–water partition coefficient (Wildman–Crippen LogP) is 1.30. The number of nitrogens with one attached hydrogen (secondary N) is 2. The summed E-state index contributed by atoms with van der Waals surface area (Å²) in [5, 5.41) is 34.2. The van der Waals surface area contributed by atoms with Crippen molar-refractivity contribution in [1.82, 2.24) is 14.9 Å². The molecule has 10 heteroatoms. The summed E-state index contributed by atoms with van der Waals surface area (Å²) in [6.07, 6.45) is 3.09. The van der Waals surface area contributed by atoms with Gasteiger partial charge in [-0.05, 0) is 59.7 Å². The van der Waals surface area contributed by atoms with Crippen molar-refractivity contribution in [2.24, 2.45) is 10.2 Å². The minimum Gasteiger partial charge on any atom is -0.508 e. The monoisotopic (exact) mass is 352 g/mol. The summed E-state index contributed by atoms with van der Waals surface area (Å²) in [6.45, 7) is 0. The van der Waals surface area contributed by atoms with E-state index in [0.717, 1.165) is 15.8 Å². The van der Waals surface area contributed by atoms with Gasteiger partial charge in [0.2, 0.25) is 0 Å². The maximum absolute atomic E-state index is 9.23. The molecule has 132 valence electrons. The SMILES string of the molecule is Nn1c(N/N=C/c2ccc(O)cc2)nnc1N/N=C/c1ccc(O)cc1. The average Bonchev–Trinajstić information content (AvgIpc) is 2.99. The molecule has 0 unspecified atom stereocenters. The van der Waals surface area contributed by atoms with E-state index in [1.807, 2.05) is 0 Å². The Morgan fingerprint density at radius 2 is 1.15 bits per heavy atom. The molecule has 0 aliphatic rings. The zero-order valence-electron chi connectivity index (χ0n) is 13.5. The molecule has 0 aliphatic heterocycles. The minimum atomic E-state index is 0.181. The third-order valence-corrected chi connectivity index (χ3v) is 3.24. The van der Waals surface area contributed by atoms with E-state index in [1.54, 1.807) is 61.0 Å². The molecule has 0 spiro atoms. The standard InChI is InChI=1S/C16H16N8O2/c17-24-15(20-18-9-11-1-5-13(25)6-2-11)22-23-16(24)21-19-10-12-3-7-14(26)8-4-12/h1-10,25-26H,17H2,(H,20,22)(H,21,23)/b18-9+,19-10+. The number of hydrogen-bond acceptors (Lipinski definition) is 9. The molecule has 10 nitrogen and oxygen atoms in total. The van der Waals surface area contributed by atoms with Crippen LogP contribution in [-0.4, -0.2) is 37.5 Å². The van der Waals surface area contributed by atoms with Gasteiger partial charge in [0, 0.05) is 0 Å². The maximum atomic E-state index is 9.23. The normalized spacial score (nSPS) is 11.2. The zero-order chi connectivity index (χ0) is 18.4. The Labute approximate surface area is 148 Å². The smallest absolute Gasteiger partial charge is 0.265 e. The summed E-state index contributed by atoms with van der Waals surface area (Å²) < 4.78 is 1.16. The van der Waals surface area contributed by atoms with Gasteiger partial charge in [-0.3, -0.25) is 0 Å². The van der Waals surface area contributed by atoms with Gasteiger partial charge in [-0.2, -0.15) is 14.9 Å². The number of hydrogen-bond donors (Lipinski definition) is 5. The Morgan fingerprint density at radius 3 is 1.54 bits per heavy atom. The van der Waals surface area contributed by atoms with Crippen LogP contribution < -0.4 is 16.7 Å². The molecule has 6 N–H and O–H groups in total. The van der Waals surface area contributed by atoms with Gasteiger partial charge in [-0.1, -0.05) is 0 Å². The van der Waals surface area contributed by atoms with Crippen LogP contribution in [0, 0.1) is 0 Å². The molecular weight excluding hydrogens is 336 g/mol. The van der Waals surface area contributed by atoms with Crippen molar-refractivity contribution >= 4 is 24.3 Å². The summed E-state index contributed by atoms with van der Waals surface area (Å²) in [5.41, 5.74) is 6.90. The molecule has 0 bridgehead atoms. The highest BCUT2D eigenvalue weighted by Crippen LogP contribution is 2.10. The summed E-state index contributed by atoms with van der Waals surface area (Å²) in [5.74, 6) is 6.64. The zero-order valence-corrected chi connectivity index (χ0v) is 13.5. The fourth-order valence-corrected chi connectivity index (χ4v) is 1.89. The van der Waals surface area contributed by atoms with Crippen LogP contribution in [0.5, 0.6) is 11.5 Å². The molecule has 1 aromatic heterocycles. The average molecular weight is 352 g/mol. The molecule has 1 heterocycles. The molecule has 26 heavy (non-hydrogen) atoms. The van der Waals surface area contributed by atoms with Crippen molar-refractivity contribution in [3.63, 3.8) is 0 Å². The number of rotatable bonds is 6. The first-order valence-electron chi connectivity index (χ1n) is 7.48. The van der Waals surface area contributed by atoms with E-state index in [4.69, 9.17) is 5.84 Å². The fraction of sp³-hybridized carbons (Fsp3) is 0. The number of aromatic nitrogens is 3. The van der Waals surface area contributed by atoms with Gasteiger partial charge in [0.1, 0.15) is 11.5 Å². The Morgan fingerprint density at radius 1 is 0.769 bits per heavy atom.